The van der Waals surface area contributed by atoms with Crippen molar-refractivity contribution < 1.29 is 10.2 Å². The Morgan fingerprint density at radius 1 is 0.949 bits per heavy atom. The van der Waals surface area contributed by atoms with Crippen molar-refractivity contribution in [3.05, 3.63) is 47.0 Å². The van der Waals surface area contributed by atoms with E-state index in [-0.39, 0.29) is 22.0 Å². The Morgan fingerprint density at radius 3 is 2.36 bits per heavy atom. The Bertz CT molecular complexity index is 1210. The number of rotatable bonds is 3. The van der Waals surface area contributed by atoms with E-state index < -0.39 is 0 Å². The maximum absolute atomic E-state index is 10.8. The lowest BCUT2D eigenvalue weighted by Crippen LogP contribution is -2.65. The molecule has 5 aliphatic carbocycles. The van der Waals surface area contributed by atoms with Crippen molar-refractivity contribution in [3.8, 4) is 5.75 Å². The van der Waals surface area contributed by atoms with Crippen molar-refractivity contribution in [3.63, 3.8) is 0 Å². The van der Waals surface area contributed by atoms with Crippen LogP contribution in [0, 0.1) is 56.7 Å². The quantitative estimate of drug-likeness (QED) is 0.368. The topological polar surface area (TPSA) is 40.5 Å². The third kappa shape index (κ3) is 3.55. The third-order valence-electron chi connectivity index (χ3n) is 14.4. The fraction of sp³-hybridized carbons (Fsp3) is 0.722. The summed E-state index contributed by atoms with van der Waals surface area (Å²) < 4.78 is 0. The standard InChI is InChI=1S/C36H51ClO2/c1-22(2)24-12-17-36(21-38)19-18-34(6)26(31(24)36)9-11-30-33(5)15-13-25(23-8-10-28(39)27(37)20-23)32(3,4)29(33)14-16-35(30,34)7/h8,10,13,20,24,26,29-31,38-39H,1,9,11-12,14-19,21H2,2-7H3/t24-,26+,29?,30?,31?,33-,34+,35+,36+/m0/s1. The zero-order valence-electron chi connectivity index (χ0n) is 25.2. The lowest BCUT2D eigenvalue weighted by atomic mass is 9.32. The van der Waals surface area contributed by atoms with Gasteiger partial charge in [0.05, 0.1) is 5.02 Å². The molecule has 0 bridgehead atoms. The monoisotopic (exact) mass is 550 g/mol. The number of phenolic OH excluding ortho intramolecular Hbond substituents is 1. The van der Waals surface area contributed by atoms with Gasteiger partial charge >= 0.3 is 0 Å². The smallest absolute Gasteiger partial charge is 0.134 e. The predicted octanol–water partition coefficient (Wildman–Crippen LogP) is 9.69. The Hall–Kier alpha value is -1.25. The Kier molecular flexibility index (Phi) is 6.35. The van der Waals surface area contributed by atoms with Crippen LogP contribution in [0.15, 0.2) is 36.4 Å². The minimum atomic E-state index is 0.0431. The van der Waals surface area contributed by atoms with E-state index in [9.17, 15) is 10.2 Å². The van der Waals surface area contributed by atoms with Gasteiger partial charge in [0.1, 0.15) is 5.75 Å². The first-order chi connectivity index (χ1) is 18.2. The number of halogens is 1. The van der Waals surface area contributed by atoms with Crippen LogP contribution in [0.5, 0.6) is 5.75 Å². The van der Waals surface area contributed by atoms with Crippen LogP contribution in [0.3, 0.4) is 0 Å². The second kappa shape index (κ2) is 8.87. The summed E-state index contributed by atoms with van der Waals surface area (Å²) in [5.74, 6) is 3.33. The van der Waals surface area contributed by atoms with Gasteiger partial charge in [-0.1, -0.05) is 70.5 Å². The summed E-state index contributed by atoms with van der Waals surface area (Å²) in [7, 11) is 0. The minimum Gasteiger partial charge on any atom is -0.506 e. The number of fused-ring (bicyclic) bond motifs is 7. The Labute approximate surface area is 242 Å². The highest BCUT2D eigenvalue weighted by atomic mass is 35.5. The number of hydrogen-bond acceptors (Lipinski definition) is 2. The number of aliphatic hydroxyl groups excluding tert-OH is 1. The zero-order valence-corrected chi connectivity index (χ0v) is 26.0. The van der Waals surface area contributed by atoms with Crippen LogP contribution in [-0.4, -0.2) is 16.8 Å². The molecule has 3 unspecified atom stereocenters. The van der Waals surface area contributed by atoms with E-state index in [1.54, 1.807) is 6.07 Å². The molecule has 3 heteroatoms. The molecule has 9 atom stereocenters. The molecule has 5 aliphatic rings. The first-order valence-electron chi connectivity index (χ1n) is 15.7. The average Bonchev–Trinajstić information content (AvgIpc) is 3.26. The average molecular weight is 551 g/mol. The molecule has 0 radical (unpaired) electrons. The SMILES string of the molecule is C=C(C)[C@@H]1CC[C@]2(CO)CC[C@]3(C)[C@H](CCC4[C@@]5(C)CC=C(c6ccc(O)c(Cl)c6)C(C)(C)C5CC[C@]43C)C12. The van der Waals surface area contributed by atoms with Crippen LogP contribution in [0.1, 0.15) is 105 Å². The van der Waals surface area contributed by atoms with Gasteiger partial charge in [0, 0.05) is 6.61 Å². The molecule has 6 rings (SSSR count). The van der Waals surface area contributed by atoms with Crippen molar-refractivity contribution in [2.45, 2.75) is 99.3 Å². The van der Waals surface area contributed by atoms with Crippen molar-refractivity contribution in [1.82, 2.24) is 0 Å². The van der Waals surface area contributed by atoms with E-state index in [0.717, 1.165) is 12.0 Å². The first kappa shape index (κ1) is 27.9. The molecule has 4 saturated carbocycles. The number of phenols is 1. The summed E-state index contributed by atoms with van der Waals surface area (Å²) in [5, 5.41) is 21.3. The van der Waals surface area contributed by atoms with Crippen LogP contribution in [0.2, 0.25) is 5.02 Å². The largest absolute Gasteiger partial charge is 0.506 e. The van der Waals surface area contributed by atoms with E-state index in [1.165, 1.54) is 62.5 Å². The summed E-state index contributed by atoms with van der Waals surface area (Å²) >= 11 is 6.37. The highest BCUT2D eigenvalue weighted by molar-refractivity contribution is 6.32. The van der Waals surface area contributed by atoms with E-state index >= 15 is 0 Å². The van der Waals surface area contributed by atoms with Crippen molar-refractivity contribution in [2.24, 2.45) is 56.7 Å². The first-order valence-corrected chi connectivity index (χ1v) is 16.1. The van der Waals surface area contributed by atoms with Crippen LogP contribution < -0.4 is 0 Å². The molecule has 1 aromatic carbocycles. The van der Waals surface area contributed by atoms with Crippen LogP contribution in [0.25, 0.3) is 5.57 Å². The van der Waals surface area contributed by atoms with E-state index in [2.05, 4.69) is 54.2 Å². The summed E-state index contributed by atoms with van der Waals surface area (Å²) in [6.45, 7) is 20.0. The van der Waals surface area contributed by atoms with Gasteiger partial charge in [0.25, 0.3) is 0 Å². The molecular formula is C36H51ClO2. The molecule has 0 spiro atoms. The number of benzene rings is 1. The van der Waals surface area contributed by atoms with E-state index in [0.29, 0.717) is 52.0 Å². The lowest BCUT2D eigenvalue weighted by Gasteiger charge is -2.72. The fourth-order valence-corrected chi connectivity index (χ4v) is 12.5. The summed E-state index contributed by atoms with van der Waals surface area (Å²) in [4.78, 5) is 0. The molecule has 214 valence electrons. The van der Waals surface area contributed by atoms with Crippen LogP contribution >= 0.6 is 11.6 Å². The van der Waals surface area contributed by atoms with Crippen LogP contribution in [0.4, 0.5) is 0 Å². The van der Waals surface area contributed by atoms with E-state index in [1.807, 2.05) is 12.1 Å². The van der Waals surface area contributed by atoms with Gasteiger partial charge in [-0.2, -0.15) is 0 Å². The molecule has 39 heavy (non-hydrogen) atoms. The highest BCUT2D eigenvalue weighted by Crippen LogP contribution is 2.77. The van der Waals surface area contributed by atoms with Gasteiger partial charge in [0.15, 0.2) is 0 Å². The predicted molar refractivity (Wildman–Crippen MR) is 163 cm³/mol. The number of allylic oxidation sites excluding steroid dienone is 3. The fourth-order valence-electron chi connectivity index (χ4n) is 12.3. The van der Waals surface area contributed by atoms with Crippen molar-refractivity contribution in [1.29, 1.82) is 0 Å². The molecule has 2 N–H and O–H groups in total. The summed E-state index contributed by atoms with van der Waals surface area (Å²) in [6.07, 6.45) is 13.7. The molecular weight excluding hydrogens is 500 g/mol. The van der Waals surface area contributed by atoms with Crippen molar-refractivity contribution >= 4 is 17.2 Å². The molecule has 1 aromatic rings. The maximum Gasteiger partial charge on any atom is 0.134 e. The molecule has 0 saturated heterocycles. The highest BCUT2D eigenvalue weighted by Gasteiger charge is 2.70. The Morgan fingerprint density at radius 2 is 1.69 bits per heavy atom. The number of aliphatic hydroxyl groups is 1. The Balaban J connectivity index is 1.38. The molecule has 0 aliphatic heterocycles. The lowest BCUT2D eigenvalue weighted by molar-refractivity contribution is -0.228. The van der Waals surface area contributed by atoms with Gasteiger partial charge in [-0.05, 0) is 145 Å². The van der Waals surface area contributed by atoms with Gasteiger partial charge < -0.3 is 10.2 Å². The normalized spacial score (nSPS) is 46.4. The zero-order chi connectivity index (χ0) is 28.2. The van der Waals surface area contributed by atoms with Gasteiger partial charge in [-0.15, -0.1) is 0 Å². The summed E-state index contributed by atoms with van der Waals surface area (Å²) in [6, 6.07) is 5.76. The maximum atomic E-state index is 10.8. The van der Waals surface area contributed by atoms with Crippen LogP contribution in [-0.2, 0) is 0 Å². The van der Waals surface area contributed by atoms with E-state index in [4.69, 9.17) is 11.6 Å². The second-order valence-corrected chi connectivity index (χ2v) is 16.3. The third-order valence-corrected chi connectivity index (χ3v) is 14.7. The minimum absolute atomic E-state index is 0.0431. The molecule has 0 heterocycles. The van der Waals surface area contributed by atoms with Gasteiger partial charge in [-0.25, -0.2) is 0 Å². The molecule has 2 nitrogen and oxygen atoms in total. The van der Waals surface area contributed by atoms with Crippen molar-refractivity contribution in [2.75, 3.05) is 6.61 Å². The number of hydrogen-bond donors (Lipinski definition) is 2. The molecule has 0 amide bonds. The number of aromatic hydroxyl groups is 1. The summed E-state index contributed by atoms with van der Waals surface area (Å²) in [5.41, 5.74) is 4.96. The molecule has 4 fully saturated rings. The van der Waals surface area contributed by atoms with Gasteiger partial charge in [0.2, 0.25) is 0 Å². The second-order valence-electron chi connectivity index (χ2n) is 15.9. The van der Waals surface area contributed by atoms with Gasteiger partial charge in [-0.3, -0.25) is 0 Å². The molecule has 0 aromatic heterocycles.